The lowest BCUT2D eigenvalue weighted by Crippen LogP contribution is -2.30. The first-order valence-corrected chi connectivity index (χ1v) is 10.7. The topological polar surface area (TPSA) is 70.7 Å². The number of carbonyl (C=O) groups excluding carboxylic acids is 2. The third-order valence-electron chi connectivity index (χ3n) is 4.68. The van der Waals surface area contributed by atoms with Crippen molar-refractivity contribution in [3.63, 3.8) is 0 Å². The highest BCUT2D eigenvalue weighted by molar-refractivity contribution is 6.07. The van der Waals surface area contributed by atoms with E-state index in [-0.39, 0.29) is 24.5 Å². The van der Waals surface area contributed by atoms with Crippen LogP contribution in [0.2, 0.25) is 0 Å². The predicted octanol–water partition coefficient (Wildman–Crippen LogP) is 5.19. The highest BCUT2D eigenvalue weighted by atomic mass is 16.5. The van der Waals surface area contributed by atoms with Crippen LogP contribution in [0.5, 0.6) is 5.75 Å². The molecular formula is C26H29N3O3. The Labute approximate surface area is 189 Å². The van der Waals surface area contributed by atoms with Gasteiger partial charge >= 0.3 is 0 Å². The van der Waals surface area contributed by atoms with Gasteiger partial charge in [0.2, 0.25) is 5.91 Å². The van der Waals surface area contributed by atoms with Crippen molar-refractivity contribution in [3.8, 4) is 5.75 Å². The van der Waals surface area contributed by atoms with E-state index in [1.807, 2.05) is 75.4 Å². The molecule has 2 amide bonds. The summed E-state index contributed by atoms with van der Waals surface area (Å²) in [6.07, 6.45) is 0.0778. The number of nitrogens with one attached hydrogen (secondary N) is 2. The van der Waals surface area contributed by atoms with Gasteiger partial charge in [-0.2, -0.15) is 0 Å². The fourth-order valence-electron chi connectivity index (χ4n) is 3.28. The van der Waals surface area contributed by atoms with Crippen molar-refractivity contribution >= 4 is 28.9 Å². The maximum absolute atomic E-state index is 13.0. The Balaban J connectivity index is 1.62. The third kappa shape index (κ3) is 6.35. The van der Waals surface area contributed by atoms with Crippen LogP contribution < -0.4 is 20.3 Å². The van der Waals surface area contributed by atoms with Gasteiger partial charge in [0.05, 0.1) is 12.6 Å². The fraction of sp³-hybridized carbons (Fsp3) is 0.231. The van der Waals surface area contributed by atoms with Crippen LogP contribution in [0.3, 0.4) is 0 Å². The molecule has 0 spiro atoms. The van der Waals surface area contributed by atoms with E-state index in [1.165, 1.54) is 0 Å². The standard InChI is InChI=1S/C26H29N3O3/c1-4-29(23-13-6-5-7-14-23)26(31)20-10-8-12-22(16-20)28-25(30)18-27-21-11-9-15-24(17-21)32-19(2)3/h5-17,19,27H,4,18H2,1-3H3,(H,28,30). The zero-order chi connectivity index (χ0) is 22.9. The minimum Gasteiger partial charge on any atom is -0.491 e. The van der Waals surface area contributed by atoms with Gasteiger partial charge in [0.25, 0.3) is 5.91 Å². The summed E-state index contributed by atoms with van der Waals surface area (Å²) in [5.41, 5.74) is 2.72. The van der Waals surface area contributed by atoms with Gasteiger partial charge < -0.3 is 20.3 Å². The summed E-state index contributed by atoms with van der Waals surface area (Å²) in [6, 6.07) is 24.0. The first-order valence-electron chi connectivity index (χ1n) is 10.7. The Morgan fingerprint density at radius 3 is 2.34 bits per heavy atom. The molecule has 0 atom stereocenters. The lowest BCUT2D eigenvalue weighted by Gasteiger charge is -2.21. The second-order valence-corrected chi connectivity index (χ2v) is 7.56. The molecule has 3 rings (SSSR count). The zero-order valence-corrected chi connectivity index (χ0v) is 18.7. The van der Waals surface area contributed by atoms with E-state index in [1.54, 1.807) is 29.2 Å². The second kappa shape index (κ2) is 11.0. The van der Waals surface area contributed by atoms with Crippen LogP contribution in [-0.2, 0) is 4.79 Å². The van der Waals surface area contributed by atoms with Crippen molar-refractivity contribution in [1.29, 1.82) is 0 Å². The van der Waals surface area contributed by atoms with Gasteiger partial charge in [0.15, 0.2) is 0 Å². The molecule has 0 heterocycles. The smallest absolute Gasteiger partial charge is 0.258 e. The van der Waals surface area contributed by atoms with Crippen LogP contribution in [0.25, 0.3) is 0 Å². The van der Waals surface area contributed by atoms with Crippen molar-refractivity contribution < 1.29 is 14.3 Å². The molecule has 3 aromatic carbocycles. The molecule has 0 saturated carbocycles. The monoisotopic (exact) mass is 431 g/mol. The van der Waals surface area contributed by atoms with E-state index >= 15 is 0 Å². The molecule has 0 aliphatic heterocycles. The van der Waals surface area contributed by atoms with Gasteiger partial charge in [-0.15, -0.1) is 0 Å². The number of hydrogen-bond acceptors (Lipinski definition) is 4. The number of hydrogen-bond donors (Lipinski definition) is 2. The molecule has 0 radical (unpaired) electrons. The van der Waals surface area contributed by atoms with Gasteiger partial charge in [0, 0.05) is 35.2 Å². The SMILES string of the molecule is CCN(C(=O)c1cccc(NC(=O)CNc2cccc(OC(C)C)c2)c1)c1ccccc1. The van der Waals surface area contributed by atoms with Crippen LogP contribution in [0.4, 0.5) is 17.1 Å². The minimum absolute atomic E-state index is 0.0778. The van der Waals surface area contributed by atoms with Crippen LogP contribution in [0, 0.1) is 0 Å². The maximum Gasteiger partial charge on any atom is 0.258 e. The molecule has 0 fully saturated rings. The third-order valence-corrected chi connectivity index (χ3v) is 4.68. The number of para-hydroxylation sites is 1. The quantitative estimate of drug-likeness (QED) is 0.489. The van der Waals surface area contributed by atoms with E-state index in [0.29, 0.717) is 17.8 Å². The summed E-state index contributed by atoms with van der Waals surface area (Å²) in [5.74, 6) is 0.422. The highest BCUT2D eigenvalue weighted by Crippen LogP contribution is 2.20. The van der Waals surface area contributed by atoms with Crippen LogP contribution in [0.1, 0.15) is 31.1 Å². The van der Waals surface area contributed by atoms with Gasteiger partial charge in [0.1, 0.15) is 5.75 Å². The second-order valence-electron chi connectivity index (χ2n) is 7.56. The van der Waals surface area contributed by atoms with Crippen molar-refractivity contribution in [2.75, 3.05) is 28.6 Å². The number of anilines is 3. The molecule has 2 N–H and O–H groups in total. The molecule has 0 aliphatic rings. The minimum atomic E-state index is -0.208. The number of rotatable bonds is 9. The highest BCUT2D eigenvalue weighted by Gasteiger charge is 2.16. The Morgan fingerprint density at radius 1 is 0.906 bits per heavy atom. The maximum atomic E-state index is 13.0. The van der Waals surface area contributed by atoms with Crippen molar-refractivity contribution in [3.05, 3.63) is 84.4 Å². The summed E-state index contributed by atoms with van der Waals surface area (Å²) in [4.78, 5) is 27.2. The lowest BCUT2D eigenvalue weighted by atomic mass is 10.1. The molecule has 0 aliphatic carbocycles. The molecular weight excluding hydrogens is 402 g/mol. The number of amides is 2. The van der Waals surface area contributed by atoms with E-state index in [4.69, 9.17) is 4.74 Å². The molecule has 6 nitrogen and oxygen atoms in total. The summed E-state index contributed by atoms with van der Waals surface area (Å²) >= 11 is 0. The summed E-state index contributed by atoms with van der Waals surface area (Å²) in [6.45, 7) is 6.50. The van der Waals surface area contributed by atoms with E-state index in [2.05, 4.69) is 10.6 Å². The average Bonchev–Trinajstić information content (AvgIpc) is 2.79. The summed E-state index contributed by atoms with van der Waals surface area (Å²) < 4.78 is 5.68. The molecule has 0 aromatic heterocycles. The molecule has 0 unspecified atom stereocenters. The zero-order valence-electron chi connectivity index (χ0n) is 18.7. The average molecular weight is 432 g/mol. The van der Waals surface area contributed by atoms with Crippen molar-refractivity contribution in [1.82, 2.24) is 0 Å². The summed E-state index contributed by atoms with van der Waals surface area (Å²) in [7, 11) is 0. The van der Waals surface area contributed by atoms with Gasteiger partial charge in [-0.25, -0.2) is 0 Å². The van der Waals surface area contributed by atoms with Gasteiger partial charge in [-0.3, -0.25) is 9.59 Å². The molecule has 0 bridgehead atoms. The van der Waals surface area contributed by atoms with Crippen LogP contribution >= 0.6 is 0 Å². The fourth-order valence-corrected chi connectivity index (χ4v) is 3.28. The van der Waals surface area contributed by atoms with E-state index in [9.17, 15) is 9.59 Å². The Kier molecular flexibility index (Phi) is 7.86. The van der Waals surface area contributed by atoms with Gasteiger partial charge in [-0.05, 0) is 63.2 Å². The van der Waals surface area contributed by atoms with Crippen molar-refractivity contribution in [2.45, 2.75) is 26.9 Å². The van der Waals surface area contributed by atoms with E-state index < -0.39 is 0 Å². The Bertz CT molecular complexity index is 1050. The lowest BCUT2D eigenvalue weighted by molar-refractivity contribution is -0.114. The largest absolute Gasteiger partial charge is 0.491 e. The molecule has 3 aromatic rings. The number of benzene rings is 3. The van der Waals surface area contributed by atoms with Crippen molar-refractivity contribution in [2.24, 2.45) is 0 Å². The van der Waals surface area contributed by atoms with E-state index in [0.717, 1.165) is 17.1 Å². The number of carbonyl (C=O) groups is 2. The van der Waals surface area contributed by atoms with Crippen LogP contribution in [-0.4, -0.2) is 31.0 Å². The normalized spacial score (nSPS) is 10.5. The molecule has 166 valence electrons. The Hall–Kier alpha value is -3.80. The predicted molar refractivity (Wildman–Crippen MR) is 130 cm³/mol. The number of ether oxygens (including phenoxy) is 1. The van der Waals surface area contributed by atoms with Gasteiger partial charge in [-0.1, -0.05) is 30.3 Å². The number of nitrogens with zero attached hydrogens (tertiary/aromatic N) is 1. The summed E-state index contributed by atoms with van der Waals surface area (Å²) in [5, 5.41) is 5.94. The first kappa shape index (κ1) is 22.9. The van der Waals surface area contributed by atoms with Crippen LogP contribution in [0.15, 0.2) is 78.9 Å². The Morgan fingerprint density at radius 2 is 1.62 bits per heavy atom. The molecule has 32 heavy (non-hydrogen) atoms. The molecule has 6 heteroatoms. The first-order chi connectivity index (χ1) is 15.5. The molecule has 0 saturated heterocycles.